The van der Waals surface area contributed by atoms with Gasteiger partial charge >= 0.3 is 0 Å². The second-order valence-electron chi connectivity index (χ2n) is 7.60. The van der Waals surface area contributed by atoms with E-state index < -0.39 is 0 Å². The van der Waals surface area contributed by atoms with E-state index in [1.165, 1.54) is 44.2 Å². The summed E-state index contributed by atoms with van der Waals surface area (Å²) in [5, 5.41) is 0. The Balaban J connectivity index is 1.52. The van der Waals surface area contributed by atoms with Crippen molar-refractivity contribution in [2.75, 3.05) is 0 Å². The number of hydrogen-bond acceptors (Lipinski definition) is 2. The molecule has 0 saturated heterocycles. The molecule has 0 radical (unpaired) electrons. The molecule has 0 N–H and O–H groups in total. The fourth-order valence-electron chi connectivity index (χ4n) is 5.65. The average Bonchev–Trinajstić information content (AvgIpc) is 2.97. The monoisotopic (exact) mass is 279 g/mol. The van der Waals surface area contributed by atoms with E-state index in [4.69, 9.17) is 9.40 Å². The van der Waals surface area contributed by atoms with Crippen molar-refractivity contribution < 1.29 is 4.42 Å². The van der Waals surface area contributed by atoms with Crippen molar-refractivity contribution >= 4 is 0 Å². The first-order chi connectivity index (χ1) is 10.3. The summed E-state index contributed by atoms with van der Waals surface area (Å²) in [6, 6.07) is 10.3. The summed E-state index contributed by atoms with van der Waals surface area (Å²) in [6.45, 7) is 0. The molecule has 2 nitrogen and oxygen atoms in total. The topological polar surface area (TPSA) is 26.0 Å². The molecular weight excluding hydrogens is 258 g/mol. The Morgan fingerprint density at radius 1 is 0.905 bits per heavy atom. The Bertz CT molecular complexity index is 622. The third-order valence-corrected chi connectivity index (χ3v) is 6.11. The number of hydrogen-bond donors (Lipinski definition) is 0. The zero-order chi connectivity index (χ0) is 13.9. The fourth-order valence-corrected chi connectivity index (χ4v) is 5.65. The fraction of sp³-hybridized carbons (Fsp3) is 0.526. The van der Waals surface area contributed by atoms with E-state index in [9.17, 15) is 0 Å². The minimum Gasteiger partial charge on any atom is -0.444 e. The van der Waals surface area contributed by atoms with E-state index in [2.05, 4.69) is 12.1 Å². The minimum absolute atomic E-state index is 0.339. The maximum Gasteiger partial charge on any atom is 0.226 e. The predicted octanol–water partition coefficient (Wildman–Crippen LogP) is 4.81. The summed E-state index contributed by atoms with van der Waals surface area (Å²) in [6.07, 6.45) is 10.4. The van der Waals surface area contributed by atoms with E-state index in [1.54, 1.807) is 0 Å². The summed E-state index contributed by atoms with van der Waals surface area (Å²) in [4.78, 5) is 4.90. The van der Waals surface area contributed by atoms with Crippen molar-refractivity contribution in [1.29, 1.82) is 0 Å². The molecule has 0 aliphatic heterocycles. The van der Waals surface area contributed by atoms with Crippen molar-refractivity contribution in [3.05, 3.63) is 42.3 Å². The first-order valence-corrected chi connectivity index (χ1v) is 8.32. The Morgan fingerprint density at radius 2 is 1.52 bits per heavy atom. The zero-order valence-electron chi connectivity index (χ0n) is 12.3. The van der Waals surface area contributed by atoms with E-state index in [-0.39, 0.29) is 0 Å². The van der Waals surface area contributed by atoms with Gasteiger partial charge in [-0.2, -0.15) is 0 Å². The highest BCUT2D eigenvalue weighted by molar-refractivity contribution is 5.53. The van der Waals surface area contributed by atoms with Gasteiger partial charge in [0.25, 0.3) is 0 Å². The Labute approximate surface area is 125 Å². The number of nitrogens with zero attached hydrogens (tertiary/aromatic N) is 1. The lowest BCUT2D eigenvalue weighted by Gasteiger charge is -2.56. The second-order valence-corrected chi connectivity index (χ2v) is 7.60. The molecule has 2 heteroatoms. The van der Waals surface area contributed by atoms with Crippen LogP contribution in [-0.4, -0.2) is 4.98 Å². The molecule has 21 heavy (non-hydrogen) atoms. The van der Waals surface area contributed by atoms with Gasteiger partial charge in [0.15, 0.2) is 0 Å². The van der Waals surface area contributed by atoms with Crippen molar-refractivity contribution in [2.45, 2.75) is 43.9 Å². The molecule has 0 spiro atoms. The van der Waals surface area contributed by atoms with E-state index >= 15 is 0 Å². The largest absolute Gasteiger partial charge is 0.444 e. The molecule has 0 unspecified atom stereocenters. The lowest BCUT2D eigenvalue weighted by atomic mass is 9.49. The first kappa shape index (κ1) is 12.0. The predicted molar refractivity (Wildman–Crippen MR) is 81.8 cm³/mol. The van der Waals surface area contributed by atoms with Gasteiger partial charge in [-0.05, 0) is 68.4 Å². The van der Waals surface area contributed by atoms with Crippen LogP contribution < -0.4 is 0 Å². The summed E-state index contributed by atoms with van der Waals surface area (Å²) in [7, 11) is 0. The van der Waals surface area contributed by atoms with E-state index in [0.717, 1.165) is 29.2 Å². The molecule has 0 amide bonds. The molecule has 4 saturated carbocycles. The van der Waals surface area contributed by atoms with Crippen LogP contribution in [0.1, 0.15) is 44.2 Å². The molecule has 4 aliphatic carbocycles. The molecule has 1 aromatic carbocycles. The van der Waals surface area contributed by atoms with Gasteiger partial charge in [-0.15, -0.1) is 0 Å². The molecular formula is C19H21NO. The highest BCUT2D eigenvalue weighted by Gasteiger charge is 2.52. The molecule has 1 aromatic heterocycles. The van der Waals surface area contributed by atoms with Crippen LogP contribution in [0.4, 0.5) is 0 Å². The van der Waals surface area contributed by atoms with Gasteiger partial charge in [0.2, 0.25) is 5.89 Å². The van der Waals surface area contributed by atoms with Crippen LogP contribution in [0.5, 0.6) is 0 Å². The van der Waals surface area contributed by atoms with Gasteiger partial charge in [-0.25, -0.2) is 4.98 Å². The number of oxazole rings is 1. The minimum atomic E-state index is 0.339. The van der Waals surface area contributed by atoms with Gasteiger partial charge in [0.1, 0.15) is 6.26 Å². The van der Waals surface area contributed by atoms with E-state index in [0.29, 0.717) is 5.41 Å². The number of rotatable bonds is 2. The Kier molecular flexibility index (Phi) is 2.42. The maximum atomic E-state index is 5.83. The van der Waals surface area contributed by atoms with Crippen LogP contribution in [0, 0.1) is 17.8 Å². The van der Waals surface area contributed by atoms with Crippen LogP contribution in [-0.2, 0) is 5.41 Å². The smallest absolute Gasteiger partial charge is 0.226 e. The van der Waals surface area contributed by atoms with Gasteiger partial charge in [0.05, 0.1) is 5.69 Å². The normalized spacial score (nSPS) is 37.0. The van der Waals surface area contributed by atoms with Gasteiger partial charge < -0.3 is 4.42 Å². The number of aromatic nitrogens is 1. The summed E-state index contributed by atoms with van der Waals surface area (Å²) in [5.41, 5.74) is 2.67. The molecule has 4 aliphatic rings. The molecule has 108 valence electrons. The van der Waals surface area contributed by atoms with Crippen LogP contribution in [0.25, 0.3) is 11.5 Å². The van der Waals surface area contributed by atoms with Crippen molar-refractivity contribution in [2.24, 2.45) is 17.8 Å². The summed E-state index contributed by atoms with van der Waals surface area (Å²) in [5.74, 6) is 3.65. The highest BCUT2D eigenvalue weighted by atomic mass is 16.3. The quantitative estimate of drug-likeness (QED) is 0.788. The lowest BCUT2D eigenvalue weighted by molar-refractivity contribution is -0.00722. The highest BCUT2D eigenvalue weighted by Crippen LogP contribution is 2.60. The summed E-state index contributed by atoms with van der Waals surface area (Å²) < 4.78 is 5.83. The third-order valence-electron chi connectivity index (χ3n) is 6.11. The standard InChI is InChI=1S/C19H21NO/c1-2-4-16(5-3-1)18-20-17(12-21-18)19-9-13-6-14(10-19)8-15(7-13)11-19/h1-5,12-15H,6-11H2. The van der Waals surface area contributed by atoms with Gasteiger partial charge in [0, 0.05) is 11.0 Å². The van der Waals surface area contributed by atoms with Gasteiger partial charge in [-0.3, -0.25) is 0 Å². The van der Waals surface area contributed by atoms with Crippen molar-refractivity contribution in [3.63, 3.8) is 0 Å². The second kappa shape index (κ2) is 4.22. The van der Waals surface area contributed by atoms with Crippen LogP contribution >= 0.6 is 0 Å². The molecule has 6 rings (SSSR count). The molecule has 4 bridgehead atoms. The maximum absolute atomic E-state index is 5.83. The lowest BCUT2D eigenvalue weighted by Crippen LogP contribution is -2.48. The molecule has 4 fully saturated rings. The van der Waals surface area contributed by atoms with Crippen LogP contribution in [0.3, 0.4) is 0 Å². The molecule has 0 atom stereocenters. The van der Waals surface area contributed by atoms with Crippen molar-refractivity contribution in [1.82, 2.24) is 4.98 Å². The molecule has 1 heterocycles. The average molecular weight is 279 g/mol. The molecule has 2 aromatic rings. The SMILES string of the molecule is c1ccc(-c2nc(C34CC5CC(CC(C5)C3)C4)co2)cc1. The van der Waals surface area contributed by atoms with Crippen molar-refractivity contribution in [3.8, 4) is 11.5 Å². The van der Waals surface area contributed by atoms with E-state index in [1.807, 2.05) is 24.5 Å². The number of benzene rings is 1. The van der Waals surface area contributed by atoms with Crippen LogP contribution in [0.15, 0.2) is 41.0 Å². The first-order valence-electron chi connectivity index (χ1n) is 8.32. The summed E-state index contributed by atoms with van der Waals surface area (Å²) >= 11 is 0. The Morgan fingerprint density at radius 3 is 2.14 bits per heavy atom. The third kappa shape index (κ3) is 1.81. The zero-order valence-corrected chi connectivity index (χ0v) is 12.3. The Hall–Kier alpha value is -1.57. The van der Waals surface area contributed by atoms with Gasteiger partial charge in [-0.1, -0.05) is 18.2 Å². The van der Waals surface area contributed by atoms with Crippen LogP contribution in [0.2, 0.25) is 0 Å².